The van der Waals surface area contributed by atoms with E-state index < -0.39 is 182 Å². The molecular weight excluding hydrogens is 1370 g/mol. The van der Waals surface area contributed by atoms with Crippen LogP contribution in [0.5, 0.6) is 5.75 Å². The number of hydrogen-bond acceptors (Lipinski definition) is 26. The molecule has 3 aliphatic heterocycles. The molecule has 0 unspecified atom stereocenters. The molecule has 101 heavy (non-hydrogen) atoms. The number of nitrogens with two attached hydrogens (primary N) is 6. The van der Waals surface area contributed by atoms with Crippen LogP contribution in [0.2, 0.25) is 0 Å². The van der Waals surface area contributed by atoms with E-state index in [1.165, 1.54) is 29.2 Å². The molecule has 0 aliphatic carbocycles. The number of benzene rings is 2. The van der Waals surface area contributed by atoms with Crippen molar-refractivity contribution in [1.29, 1.82) is 0 Å². The summed E-state index contributed by atoms with van der Waals surface area (Å²) >= 11 is 0. The number of rotatable bonds is 35. The first-order valence-corrected chi connectivity index (χ1v) is 35.0. The zero-order chi connectivity index (χ0) is 74.0. The second-order valence-electron chi connectivity index (χ2n) is 23.6. The summed E-state index contributed by atoms with van der Waals surface area (Å²) in [6.07, 6.45) is -8.45. The second-order valence-corrected chi connectivity index (χ2v) is 26.1. The van der Waals surface area contributed by atoms with E-state index >= 15 is 0 Å². The van der Waals surface area contributed by atoms with Gasteiger partial charge >= 0.3 is 5.97 Å². The minimum Gasteiger partial charge on any atom is -0.427 e. The number of amides is 11. The van der Waals surface area contributed by atoms with Crippen LogP contribution in [0.3, 0.4) is 0 Å². The Morgan fingerprint density at radius 2 is 1.24 bits per heavy atom. The number of esters is 1. The molecule has 37 nitrogen and oxygen atoms in total. The summed E-state index contributed by atoms with van der Waals surface area (Å²) in [6, 6.07) is 2.43. The number of primary amides is 3. The minimum absolute atomic E-state index is 0.0222. The highest BCUT2D eigenvalue weighted by atomic mass is 33.1. The van der Waals surface area contributed by atoms with Crippen molar-refractivity contribution in [1.82, 2.24) is 42.1 Å². The van der Waals surface area contributed by atoms with Gasteiger partial charge in [-0.25, -0.2) is 0 Å². The van der Waals surface area contributed by atoms with Crippen molar-refractivity contribution in [2.45, 2.75) is 150 Å². The molecule has 5 rings (SSSR count). The quantitative estimate of drug-likeness (QED) is 0.00761. The third-order valence-electron chi connectivity index (χ3n) is 15.6. The molecule has 560 valence electrons. The van der Waals surface area contributed by atoms with Crippen LogP contribution in [0.1, 0.15) is 68.9 Å². The Hall–Kier alpha value is -8.35. The molecule has 11 amide bonds. The predicted molar refractivity (Wildman–Crippen MR) is 361 cm³/mol. The first-order chi connectivity index (χ1) is 48.2. The average Bonchev–Trinajstić information content (AvgIpc) is 1.80. The molecule has 23 N–H and O–H groups in total. The van der Waals surface area contributed by atoms with Crippen molar-refractivity contribution in [2.75, 3.05) is 84.0 Å². The first-order valence-electron chi connectivity index (χ1n) is 32.5. The van der Waals surface area contributed by atoms with Gasteiger partial charge in [-0.05, 0) is 61.8 Å². The number of aliphatic hydroxyl groups excluding tert-OH is 4. The van der Waals surface area contributed by atoms with E-state index in [1.54, 1.807) is 30.3 Å². The van der Waals surface area contributed by atoms with Crippen LogP contribution in [0, 0.1) is 0 Å². The van der Waals surface area contributed by atoms with Crippen LogP contribution in [0.15, 0.2) is 59.6 Å². The molecule has 3 saturated heterocycles. The number of ether oxygens (including phenoxy) is 6. The van der Waals surface area contributed by atoms with Crippen molar-refractivity contribution in [3.05, 3.63) is 65.7 Å². The normalized spacial score (nSPS) is 24.4. The Kier molecular flexibility index (Phi) is 36.4. The van der Waals surface area contributed by atoms with Gasteiger partial charge in [-0.3, -0.25) is 62.5 Å². The van der Waals surface area contributed by atoms with Crippen LogP contribution in [0.25, 0.3) is 0 Å². The third kappa shape index (κ3) is 29.6. The lowest BCUT2D eigenvalue weighted by molar-refractivity contribution is -0.302. The molecule has 0 saturated carbocycles. The minimum atomic E-state index is -1.84. The van der Waals surface area contributed by atoms with E-state index in [2.05, 4.69) is 42.2 Å². The molecule has 2 aromatic carbocycles. The maximum absolute atomic E-state index is 14.8. The lowest BCUT2D eigenvalue weighted by atomic mass is 9.99. The molecule has 3 aliphatic rings. The summed E-state index contributed by atoms with van der Waals surface area (Å²) < 4.78 is 32.6. The molecule has 3 heterocycles. The number of aliphatic imine (C=N–C) groups is 1. The number of aliphatic hydroxyl groups is 4. The Balaban J connectivity index is 1.28. The summed E-state index contributed by atoms with van der Waals surface area (Å²) in [7, 11) is 1.93. The molecule has 0 bridgehead atoms. The monoisotopic (exact) mass is 1460 g/mol. The fraction of sp³-hybridized carbons (Fsp3) is 0.597. The highest BCUT2D eigenvalue weighted by molar-refractivity contribution is 8.76. The summed E-state index contributed by atoms with van der Waals surface area (Å²) in [5.41, 5.74) is 34.6. The van der Waals surface area contributed by atoms with Crippen LogP contribution < -0.4 is 76.4 Å². The fourth-order valence-corrected chi connectivity index (χ4v) is 12.6. The van der Waals surface area contributed by atoms with Gasteiger partial charge in [0.25, 0.3) is 0 Å². The van der Waals surface area contributed by atoms with Crippen molar-refractivity contribution in [2.24, 2.45) is 39.4 Å². The fourth-order valence-electron chi connectivity index (χ4n) is 10.3. The molecule has 3 fully saturated rings. The average molecular weight is 1460 g/mol. The first kappa shape index (κ1) is 83.3. The van der Waals surface area contributed by atoms with Crippen molar-refractivity contribution >= 4 is 98.5 Å². The van der Waals surface area contributed by atoms with E-state index in [0.717, 1.165) is 21.6 Å². The number of carbonyl (C=O) groups excluding carboxylic acids is 12. The number of likely N-dealkylation sites (tertiary alicyclic amines) is 1. The van der Waals surface area contributed by atoms with Gasteiger partial charge < -0.3 is 125 Å². The van der Waals surface area contributed by atoms with Gasteiger partial charge in [0.05, 0.1) is 65.3 Å². The Labute approximate surface area is 589 Å². The molecule has 0 aromatic heterocycles. The third-order valence-corrected chi connectivity index (χ3v) is 18.1. The van der Waals surface area contributed by atoms with E-state index in [4.69, 9.17) is 62.8 Å². The van der Waals surface area contributed by atoms with Gasteiger partial charge in [0.15, 0.2) is 12.2 Å². The lowest BCUT2D eigenvalue weighted by Gasteiger charge is -2.39. The standard InChI is InChI=1S/C62H93N15O22S2/c63-37-32-100-101-33-43(60(93)77-19-5-10-44(77)59(92)72-38(9-4-18-69-62(67)68)54(87)70-30-48(66)81)76-58(91)42(29-47(65)80)75-55(88)39(16-17-46(64)79)71-56(89)41(27-34-7-2-1-3-8-34)74-57(90)40(73-53(37)86)28-35-12-14-36(15-13-35)98-49(82)11-6-20-94-21-22-95-23-24-96-25-26-97-61-52(85)51(84)50(83)45(31-78)99-61/h1-3,7-8,12-15,37-45,50-52,61,78,83-85H,4-6,9-11,16-33,63H2,(H2,64,79)(H2,65,80)(H2,66,81)(H,70,87)(H,71,89)(H,72,92)(H,73,86)(H,74,90)(H,75,88)(H,76,91)(H4,67,68,69)/t37-,38-,39-,40-,41-,42-,43-,44-,45+,50+,51-,52+,61+/m0/s1. The highest BCUT2D eigenvalue weighted by Crippen LogP contribution is 2.27. The number of nitrogens with one attached hydrogen (secondary N) is 7. The lowest BCUT2D eigenvalue weighted by Crippen LogP contribution is -2.61. The molecule has 2 aromatic rings. The van der Waals surface area contributed by atoms with Gasteiger partial charge in [-0.15, -0.1) is 0 Å². The van der Waals surface area contributed by atoms with E-state index in [0.29, 0.717) is 17.5 Å². The molecule has 0 radical (unpaired) electrons. The van der Waals surface area contributed by atoms with Gasteiger partial charge in [0, 0.05) is 56.9 Å². The van der Waals surface area contributed by atoms with E-state index in [1.807, 2.05) is 0 Å². The Morgan fingerprint density at radius 1 is 0.653 bits per heavy atom. The van der Waals surface area contributed by atoms with Gasteiger partial charge in [0.1, 0.15) is 72.5 Å². The second kappa shape index (κ2) is 44.1. The Bertz CT molecular complexity index is 3110. The summed E-state index contributed by atoms with van der Waals surface area (Å²) in [4.78, 5) is 168. The molecule has 13 atom stereocenters. The van der Waals surface area contributed by atoms with Gasteiger partial charge in [-0.2, -0.15) is 0 Å². The summed E-state index contributed by atoms with van der Waals surface area (Å²) in [6.45, 7) is -0.00999. The number of hydrogen-bond donors (Lipinski definition) is 17. The zero-order valence-electron chi connectivity index (χ0n) is 55.5. The smallest absolute Gasteiger partial charge is 0.311 e. The predicted octanol–water partition coefficient (Wildman–Crippen LogP) is -7.56. The van der Waals surface area contributed by atoms with Gasteiger partial charge in [0.2, 0.25) is 65.0 Å². The maximum atomic E-state index is 14.8. The highest BCUT2D eigenvalue weighted by Gasteiger charge is 2.45. The van der Waals surface area contributed by atoms with Crippen molar-refractivity contribution < 1.29 is 106 Å². The Morgan fingerprint density at radius 3 is 1.86 bits per heavy atom. The van der Waals surface area contributed by atoms with E-state index in [-0.39, 0.29) is 127 Å². The zero-order valence-corrected chi connectivity index (χ0v) is 57.1. The van der Waals surface area contributed by atoms with Crippen LogP contribution in [-0.4, -0.2) is 265 Å². The molecule has 39 heteroatoms. The topological polar surface area (TPSA) is 597 Å². The van der Waals surface area contributed by atoms with Crippen LogP contribution in [-0.2, 0) is 94.1 Å². The van der Waals surface area contributed by atoms with Crippen LogP contribution >= 0.6 is 21.6 Å². The number of nitrogens with zero attached hydrogens (tertiary/aromatic N) is 2. The largest absolute Gasteiger partial charge is 0.427 e. The van der Waals surface area contributed by atoms with E-state index in [9.17, 15) is 78.0 Å². The number of guanidine groups is 1. The summed E-state index contributed by atoms with van der Waals surface area (Å²) in [5, 5.41) is 57.0. The maximum Gasteiger partial charge on any atom is 0.311 e. The SMILES string of the molecule is NC(=O)CC[C@@H]1NC(=O)[C@H](Cc2ccccc2)NC(=O)[C@H](Cc2ccc(OC(=O)CCCOCCOCCOCCO[C@@H]3O[C@H](CO)[C@@H](O)[C@H](O)[C@H]3O)cc2)NC(=O)[C@@H](N)CSSC[C@@H](C(=O)N2CCC[C@H]2C(=O)N[C@@H](CCCN=C(N)N)C(=O)NCC(N)=O)NC(=O)[C@H](CC(N)=O)NC1=O. The summed E-state index contributed by atoms with van der Waals surface area (Å²) in [5.74, 6) is -11.4. The molecular formula is C62H93N15O22S2. The van der Waals surface area contributed by atoms with Crippen molar-refractivity contribution in [3.63, 3.8) is 0 Å². The van der Waals surface area contributed by atoms with Crippen LogP contribution in [0.4, 0.5) is 0 Å². The number of carbonyl (C=O) groups is 12. The molecule has 0 spiro atoms. The van der Waals surface area contributed by atoms with Gasteiger partial charge in [-0.1, -0.05) is 64.1 Å². The van der Waals surface area contributed by atoms with Crippen molar-refractivity contribution in [3.8, 4) is 5.75 Å².